The maximum Gasteiger partial charge on any atom is 0.333 e. The van der Waals surface area contributed by atoms with Crippen LogP contribution in [0.1, 0.15) is 11.1 Å². The van der Waals surface area contributed by atoms with Crippen LogP contribution in [0.3, 0.4) is 0 Å². The molecule has 1 aliphatic heterocycles. The van der Waals surface area contributed by atoms with E-state index in [0.29, 0.717) is 32.1 Å². The number of nitrogens with one attached hydrogen (secondary N) is 1. The molecule has 0 aliphatic carbocycles. The topological polar surface area (TPSA) is 58.6 Å². The predicted molar refractivity (Wildman–Crippen MR) is 125 cm³/mol. The number of nitrogens with zero attached hydrogens (tertiary/aromatic N) is 1. The van der Waals surface area contributed by atoms with Gasteiger partial charge < -0.3 is 10.1 Å². The van der Waals surface area contributed by atoms with Crippen molar-refractivity contribution in [3.63, 3.8) is 0 Å². The summed E-state index contributed by atoms with van der Waals surface area (Å²) in [5, 5.41) is 3.31. The van der Waals surface area contributed by atoms with Crippen LogP contribution in [0.5, 0.6) is 5.75 Å². The van der Waals surface area contributed by atoms with Gasteiger partial charge in [-0.1, -0.05) is 41.4 Å². The van der Waals surface area contributed by atoms with Crippen LogP contribution < -0.4 is 15.0 Å². The number of halogens is 4. The minimum absolute atomic E-state index is 0.00394. The van der Waals surface area contributed by atoms with Gasteiger partial charge in [-0.25, -0.2) is 14.1 Å². The Labute approximate surface area is 201 Å². The lowest BCUT2D eigenvalue weighted by Gasteiger charge is -2.12. The molecule has 1 heterocycles. The van der Waals surface area contributed by atoms with Crippen molar-refractivity contribution in [2.45, 2.75) is 6.61 Å². The van der Waals surface area contributed by atoms with E-state index < -0.39 is 11.9 Å². The summed E-state index contributed by atoms with van der Waals surface area (Å²) >= 11 is 15.6. The third kappa shape index (κ3) is 4.65. The number of amides is 3. The third-order valence-electron chi connectivity index (χ3n) is 4.62. The van der Waals surface area contributed by atoms with Crippen molar-refractivity contribution in [1.82, 2.24) is 5.32 Å². The Morgan fingerprint density at radius 1 is 1.06 bits per heavy atom. The quantitative estimate of drug-likeness (QED) is 0.297. The molecule has 32 heavy (non-hydrogen) atoms. The van der Waals surface area contributed by atoms with E-state index in [1.54, 1.807) is 54.6 Å². The Kier molecular flexibility index (Phi) is 6.50. The molecule has 3 aromatic carbocycles. The van der Waals surface area contributed by atoms with Crippen LogP contribution in [-0.4, -0.2) is 11.9 Å². The molecule has 3 aromatic rings. The van der Waals surface area contributed by atoms with Gasteiger partial charge in [-0.15, -0.1) is 0 Å². The number of hydrogen-bond donors (Lipinski definition) is 1. The number of anilines is 1. The van der Waals surface area contributed by atoms with Gasteiger partial charge in [0.05, 0.1) is 15.2 Å². The minimum atomic E-state index is -0.571. The SMILES string of the molecule is O=C1N/C(=C/c2cc(Cl)c(OCc3ccccc3F)c(Br)c2)C(=O)N1c1ccc(Cl)cc1. The summed E-state index contributed by atoms with van der Waals surface area (Å²) < 4.78 is 20.0. The molecule has 1 N–H and O–H groups in total. The Morgan fingerprint density at radius 2 is 1.78 bits per heavy atom. The number of carbonyl (C=O) groups is 2. The van der Waals surface area contributed by atoms with Crippen molar-refractivity contribution in [3.05, 3.63) is 97.8 Å². The molecule has 0 unspecified atom stereocenters. The normalized spacial score (nSPS) is 14.8. The molecule has 5 nitrogen and oxygen atoms in total. The van der Waals surface area contributed by atoms with Crippen molar-refractivity contribution in [3.8, 4) is 5.75 Å². The van der Waals surface area contributed by atoms with Gasteiger partial charge in [-0.05, 0) is 70.0 Å². The zero-order chi connectivity index (χ0) is 22.8. The molecule has 0 saturated carbocycles. The number of ether oxygens (including phenoxy) is 1. The highest BCUT2D eigenvalue weighted by atomic mass is 79.9. The lowest BCUT2D eigenvalue weighted by Crippen LogP contribution is -2.30. The summed E-state index contributed by atoms with van der Waals surface area (Å²) in [6, 6.07) is 15.3. The van der Waals surface area contributed by atoms with Crippen molar-refractivity contribution in [1.29, 1.82) is 0 Å². The number of imide groups is 1. The summed E-state index contributed by atoms with van der Waals surface area (Å²) in [5.41, 5.74) is 1.44. The maximum absolute atomic E-state index is 13.8. The van der Waals surface area contributed by atoms with E-state index >= 15 is 0 Å². The Balaban J connectivity index is 1.55. The van der Waals surface area contributed by atoms with Gasteiger partial charge >= 0.3 is 6.03 Å². The van der Waals surface area contributed by atoms with E-state index in [-0.39, 0.29) is 23.1 Å². The molecule has 1 saturated heterocycles. The van der Waals surface area contributed by atoms with Gasteiger partial charge in [0.25, 0.3) is 5.91 Å². The Morgan fingerprint density at radius 3 is 2.47 bits per heavy atom. The largest absolute Gasteiger partial charge is 0.486 e. The van der Waals surface area contributed by atoms with Crippen LogP contribution in [0.2, 0.25) is 10.0 Å². The molecule has 0 atom stereocenters. The van der Waals surface area contributed by atoms with E-state index in [1.807, 2.05) is 0 Å². The van der Waals surface area contributed by atoms with Crippen LogP contribution >= 0.6 is 39.1 Å². The average molecular weight is 536 g/mol. The molecule has 1 aliphatic rings. The zero-order valence-corrected chi connectivity index (χ0v) is 19.3. The molecule has 0 spiro atoms. The van der Waals surface area contributed by atoms with E-state index in [1.165, 1.54) is 12.1 Å². The van der Waals surface area contributed by atoms with Crippen LogP contribution in [0.4, 0.5) is 14.9 Å². The summed E-state index contributed by atoms with van der Waals surface area (Å²) in [4.78, 5) is 26.1. The fourth-order valence-electron chi connectivity index (χ4n) is 3.09. The summed E-state index contributed by atoms with van der Waals surface area (Å²) in [5.74, 6) is -0.548. The van der Waals surface area contributed by atoms with Crippen LogP contribution in [0, 0.1) is 5.82 Å². The van der Waals surface area contributed by atoms with Gasteiger partial charge in [-0.3, -0.25) is 4.79 Å². The van der Waals surface area contributed by atoms with Gasteiger partial charge in [-0.2, -0.15) is 0 Å². The van der Waals surface area contributed by atoms with Gasteiger partial charge in [0.15, 0.2) is 5.75 Å². The molecule has 0 radical (unpaired) electrons. The molecule has 1 fully saturated rings. The minimum Gasteiger partial charge on any atom is -0.486 e. The highest BCUT2D eigenvalue weighted by molar-refractivity contribution is 9.10. The molecule has 0 bridgehead atoms. The third-order valence-corrected chi connectivity index (χ3v) is 5.75. The fourth-order valence-corrected chi connectivity index (χ4v) is 4.21. The predicted octanol–water partition coefficient (Wildman–Crippen LogP) is 6.57. The number of hydrogen-bond acceptors (Lipinski definition) is 3. The maximum atomic E-state index is 13.8. The van der Waals surface area contributed by atoms with Gasteiger partial charge in [0.2, 0.25) is 0 Å². The number of benzene rings is 3. The van der Waals surface area contributed by atoms with E-state index in [2.05, 4.69) is 21.2 Å². The second-order valence-corrected chi connectivity index (χ2v) is 8.50. The first-order valence-electron chi connectivity index (χ1n) is 9.31. The van der Waals surface area contributed by atoms with Crippen molar-refractivity contribution in [2.75, 3.05) is 4.90 Å². The molecule has 3 amide bonds. The number of rotatable bonds is 5. The van der Waals surface area contributed by atoms with Gasteiger partial charge in [0.1, 0.15) is 18.1 Å². The number of carbonyl (C=O) groups excluding carboxylic acids is 2. The second-order valence-electron chi connectivity index (χ2n) is 6.80. The molecular formula is C23H14BrCl2FN2O3. The molecule has 162 valence electrons. The summed E-state index contributed by atoms with van der Waals surface area (Å²) in [6.07, 6.45) is 1.51. The fraction of sp³-hybridized carbons (Fsp3) is 0.0435. The van der Waals surface area contributed by atoms with Crippen LogP contribution in [0.25, 0.3) is 6.08 Å². The number of urea groups is 1. The smallest absolute Gasteiger partial charge is 0.333 e. The summed E-state index contributed by atoms with van der Waals surface area (Å²) in [6.45, 7) is -0.00394. The Bertz CT molecular complexity index is 1230. The first kappa shape index (κ1) is 22.3. The van der Waals surface area contributed by atoms with Crippen LogP contribution in [0.15, 0.2) is 70.8 Å². The van der Waals surface area contributed by atoms with Crippen molar-refractivity contribution in [2.24, 2.45) is 0 Å². The van der Waals surface area contributed by atoms with E-state index in [9.17, 15) is 14.0 Å². The van der Waals surface area contributed by atoms with E-state index in [4.69, 9.17) is 27.9 Å². The van der Waals surface area contributed by atoms with Gasteiger partial charge in [0, 0.05) is 10.6 Å². The standard InChI is InChI=1S/C23H14BrCl2FN2O3/c24-17-9-13(10-18(26)21(17)32-12-14-3-1-2-4-19(14)27)11-20-22(30)29(23(31)28-20)16-7-5-15(25)6-8-16/h1-11H,12H2,(H,28,31)/b20-11+. The first-order valence-corrected chi connectivity index (χ1v) is 10.9. The lowest BCUT2D eigenvalue weighted by molar-refractivity contribution is -0.113. The molecule has 9 heteroatoms. The highest BCUT2D eigenvalue weighted by Crippen LogP contribution is 2.36. The first-order chi connectivity index (χ1) is 15.3. The van der Waals surface area contributed by atoms with E-state index in [0.717, 1.165) is 4.90 Å². The second kappa shape index (κ2) is 9.32. The average Bonchev–Trinajstić information content (AvgIpc) is 3.02. The van der Waals surface area contributed by atoms with Crippen LogP contribution in [-0.2, 0) is 11.4 Å². The molecule has 4 rings (SSSR count). The Hall–Kier alpha value is -2.87. The monoisotopic (exact) mass is 534 g/mol. The highest BCUT2D eigenvalue weighted by Gasteiger charge is 2.34. The lowest BCUT2D eigenvalue weighted by atomic mass is 10.1. The summed E-state index contributed by atoms with van der Waals surface area (Å²) in [7, 11) is 0. The van der Waals surface area contributed by atoms with Crippen molar-refractivity contribution >= 4 is 62.8 Å². The zero-order valence-electron chi connectivity index (χ0n) is 16.2. The van der Waals surface area contributed by atoms with Crippen molar-refractivity contribution < 1.29 is 18.7 Å². The molecule has 0 aromatic heterocycles. The molecular weight excluding hydrogens is 522 g/mol.